The molecule has 0 saturated carbocycles. The Morgan fingerprint density at radius 1 is 1.11 bits per heavy atom. The molecule has 1 amide bonds. The summed E-state index contributed by atoms with van der Waals surface area (Å²) in [5.74, 6) is -0.347. The molecular weight excluding hydrogens is 393 g/mol. The van der Waals surface area contributed by atoms with Gasteiger partial charge < -0.3 is 5.32 Å². The van der Waals surface area contributed by atoms with E-state index in [1.807, 2.05) is 29.6 Å². The highest BCUT2D eigenvalue weighted by Gasteiger charge is 2.10. The van der Waals surface area contributed by atoms with Gasteiger partial charge in [-0.25, -0.2) is 14.4 Å². The zero-order chi connectivity index (χ0) is 19.3. The smallest absolute Gasteiger partial charge is 0.226 e. The highest BCUT2D eigenvalue weighted by atomic mass is 32.1. The summed E-state index contributed by atoms with van der Waals surface area (Å²) in [7, 11) is 0. The lowest BCUT2D eigenvalue weighted by Gasteiger charge is -2.03. The summed E-state index contributed by atoms with van der Waals surface area (Å²) < 4.78 is 14.5. The van der Waals surface area contributed by atoms with Gasteiger partial charge >= 0.3 is 0 Å². The van der Waals surface area contributed by atoms with Crippen molar-refractivity contribution in [2.45, 2.75) is 19.3 Å². The number of rotatable bonds is 7. The minimum atomic E-state index is -0.292. The standard InChI is InChI=1S/C21H18FN3OS2/c22-15-6-3-5-14(11-15)21-24-16(13-27-21)12-19(26)23-10-4-9-20-25-17-7-1-2-8-18(17)28-20/h1-3,5-8,11,13H,4,9-10,12H2,(H,23,26). The lowest BCUT2D eigenvalue weighted by atomic mass is 10.2. The molecule has 0 aliphatic carbocycles. The Hall–Kier alpha value is -2.64. The van der Waals surface area contributed by atoms with Crippen molar-refractivity contribution < 1.29 is 9.18 Å². The predicted octanol–water partition coefficient (Wildman–Crippen LogP) is 4.85. The van der Waals surface area contributed by atoms with E-state index in [0.29, 0.717) is 12.2 Å². The fourth-order valence-corrected chi connectivity index (χ4v) is 4.69. The van der Waals surface area contributed by atoms with Gasteiger partial charge in [-0.05, 0) is 30.7 Å². The van der Waals surface area contributed by atoms with Gasteiger partial charge in [-0.3, -0.25) is 4.79 Å². The van der Waals surface area contributed by atoms with E-state index in [1.54, 1.807) is 17.4 Å². The van der Waals surface area contributed by atoms with Crippen LogP contribution < -0.4 is 5.32 Å². The average Bonchev–Trinajstić information content (AvgIpc) is 3.31. The van der Waals surface area contributed by atoms with Crippen molar-refractivity contribution in [2.75, 3.05) is 6.54 Å². The molecule has 4 nitrogen and oxygen atoms in total. The maximum absolute atomic E-state index is 13.3. The van der Waals surface area contributed by atoms with Gasteiger partial charge in [0.1, 0.15) is 10.8 Å². The van der Waals surface area contributed by atoms with Crippen LogP contribution in [0.25, 0.3) is 20.8 Å². The van der Waals surface area contributed by atoms with Crippen LogP contribution in [-0.4, -0.2) is 22.4 Å². The molecule has 0 atom stereocenters. The van der Waals surface area contributed by atoms with Gasteiger partial charge in [-0.15, -0.1) is 22.7 Å². The number of carbonyl (C=O) groups is 1. The summed E-state index contributed by atoms with van der Waals surface area (Å²) in [6.45, 7) is 0.607. The third-order valence-corrected chi connectivity index (χ3v) is 6.23. The topological polar surface area (TPSA) is 54.9 Å². The summed E-state index contributed by atoms with van der Waals surface area (Å²) >= 11 is 3.12. The molecule has 0 unspecified atom stereocenters. The van der Waals surface area contributed by atoms with Gasteiger partial charge in [0, 0.05) is 23.9 Å². The third kappa shape index (κ3) is 4.61. The van der Waals surface area contributed by atoms with Crippen LogP contribution in [0.4, 0.5) is 4.39 Å². The molecule has 4 aromatic rings. The molecule has 28 heavy (non-hydrogen) atoms. The first-order chi connectivity index (χ1) is 13.7. The largest absolute Gasteiger partial charge is 0.356 e. The fraction of sp³-hybridized carbons (Fsp3) is 0.190. The molecule has 0 radical (unpaired) electrons. The van der Waals surface area contributed by atoms with Crippen molar-refractivity contribution in [3.63, 3.8) is 0 Å². The highest BCUT2D eigenvalue weighted by Crippen LogP contribution is 2.24. The molecule has 4 rings (SSSR count). The monoisotopic (exact) mass is 411 g/mol. The number of aryl methyl sites for hydroxylation is 1. The number of fused-ring (bicyclic) bond motifs is 1. The molecule has 142 valence electrons. The van der Waals surface area contributed by atoms with Crippen molar-refractivity contribution in [1.82, 2.24) is 15.3 Å². The number of halogens is 1. The quantitative estimate of drug-likeness (QED) is 0.442. The predicted molar refractivity (Wildman–Crippen MR) is 112 cm³/mol. The minimum absolute atomic E-state index is 0.0552. The van der Waals surface area contributed by atoms with E-state index < -0.39 is 0 Å². The van der Waals surface area contributed by atoms with E-state index in [9.17, 15) is 9.18 Å². The number of benzene rings is 2. The Balaban J connectivity index is 1.24. The van der Waals surface area contributed by atoms with Gasteiger partial charge in [-0.2, -0.15) is 0 Å². The number of nitrogens with one attached hydrogen (secondary N) is 1. The second-order valence-electron chi connectivity index (χ2n) is 6.36. The van der Waals surface area contributed by atoms with Gasteiger partial charge in [0.2, 0.25) is 5.91 Å². The number of para-hydroxylation sites is 1. The second kappa shape index (κ2) is 8.58. The van der Waals surface area contributed by atoms with Crippen molar-refractivity contribution in [1.29, 1.82) is 0 Å². The first kappa shape index (κ1) is 18.7. The van der Waals surface area contributed by atoms with Crippen LogP contribution in [0.15, 0.2) is 53.9 Å². The summed E-state index contributed by atoms with van der Waals surface area (Å²) in [5, 5.41) is 6.60. The molecule has 2 aromatic heterocycles. The molecule has 0 aliphatic rings. The number of hydrogen-bond donors (Lipinski definition) is 1. The minimum Gasteiger partial charge on any atom is -0.356 e. The van der Waals surface area contributed by atoms with E-state index >= 15 is 0 Å². The molecule has 0 spiro atoms. The van der Waals surface area contributed by atoms with Gasteiger partial charge in [0.25, 0.3) is 0 Å². The number of nitrogens with zero attached hydrogens (tertiary/aromatic N) is 2. The van der Waals surface area contributed by atoms with Crippen molar-refractivity contribution >= 4 is 38.8 Å². The second-order valence-corrected chi connectivity index (χ2v) is 8.33. The number of thiazole rings is 2. The normalized spacial score (nSPS) is 11.0. The summed E-state index contributed by atoms with van der Waals surface area (Å²) in [4.78, 5) is 21.2. The Bertz CT molecular complexity index is 1070. The first-order valence-electron chi connectivity index (χ1n) is 8.99. The van der Waals surface area contributed by atoms with Crippen molar-refractivity contribution in [3.8, 4) is 10.6 Å². The third-order valence-electron chi connectivity index (χ3n) is 4.19. The molecular formula is C21H18FN3OS2. The first-order valence-corrected chi connectivity index (χ1v) is 10.7. The van der Waals surface area contributed by atoms with Gasteiger partial charge in [0.05, 0.1) is 27.3 Å². The van der Waals surface area contributed by atoms with Crippen LogP contribution in [0.2, 0.25) is 0 Å². The van der Waals surface area contributed by atoms with E-state index in [-0.39, 0.29) is 18.1 Å². The molecule has 7 heteroatoms. The lowest BCUT2D eigenvalue weighted by Crippen LogP contribution is -2.26. The van der Waals surface area contributed by atoms with Crippen molar-refractivity contribution in [3.05, 3.63) is 70.4 Å². The average molecular weight is 412 g/mol. The molecule has 1 N–H and O–H groups in total. The van der Waals surface area contributed by atoms with Crippen LogP contribution in [0.5, 0.6) is 0 Å². The van der Waals surface area contributed by atoms with E-state index in [1.165, 1.54) is 28.2 Å². The Kier molecular flexibility index (Phi) is 5.73. The zero-order valence-corrected chi connectivity index (χ0v) is 16.7. The van der Waals surface area contributed by atoms with Crippen molar-refractivity contribution in [2.24, 2.45) is 0 Å². The maximum Gasteiger partial charge on any atom is 0.226 e. The maximum atomic E-state index is 13.3. The summed E-state index contributed by atoms with van der Waals surface area (Å²) in [6, 6.07) is 14.4. The molecule has 0 saturated heterocycles. The number of carbonyl (C=O) groups excluding carboxylic acids is 1. The van der Waals surface area contributed by atoms with E-state index in [2.05, 4.69) is 21.4 Å². The van der Waals surface area contributed by atoms with Gasteiger partial charge in [-0.1, -0.05) is 24.3 Å². The van der Waals surface area contributed by atoms with Gasteiger partial charge in [0.15, 0.2) is 0 Å². The number of amides is 1. The summed E-state index contributed by atoms with van der Waals surface area (Å²) in [6.07, 6.45) is 1.92. The van der Waals surface area contributed by atoms with Crippen LogP contribution >= 0.6 is 22.7 Å². The SMILES string of the molecule is O=C(Cc1csc(-c2cccc(F)c2)n1)NCCCc1nc2ccccc2s1. The highest BCUT2D eigenvalue weighted by molar-refractivity contribution is 7.18. The Morgan fingerprint density at radius 2 is 2.00 bits per heavy atom. The number of aromatic nitrogens is 2. The molecule has 0 bridgehead atoms. The van der Waals surface area contributed by atoms with E-state index in [0.717, 1.165) is 33.9 Å². The van der Waals surface area contributed by atoms with Crippen LogP contribution in [0.3, 0.4) is 0 Å². The van der Waals surface area contributed by atoms with E-state index in [4.69, 9.17) is 0 Å². The molecule has 0 fully saturated rings. The van der Waals surface area contributed by atoms with Crippen LogP contribution in [0.1, 0.15) is 17.1 Å². The summed E-state index contributed by atoms with van der Waals surface area (Å²) in [5.41, 5.74) is 2.46. The molecule has 2 aromatic carbocycles. The molecule has 2 heterocycles. The lowest BCUT2D eigenvalue weighted by molar-refractivity contribution is -0.120. The fourth-order valence-electron chi connectivity index (χ4n) is 2.86. The molecule has 0 aliphatic heterocycles. The number of hydrogen-bond acceptors (Lipinski definition) is 5. The Morgan fingerprint density at radius 3 is 2.86 bits per heavy atom. The van der Waals surface area contributed by atoms with Crippen LogP contribution in [0, 0.1) is 5.82 Å². The zero-order valence-electron chi connectivity index (χ0n) is 15.0. The van der Waals surface area contributed by atoms with Crippen LogP contribution in [-0.2, 0) is 17.6 Å². The Labute approximate surface area is 170 Å².